The second-order valence-electron chi connectivity index (χ2n) is 9.74. The molecule has 0 bridgehead atoms. The van der Waals surface area contributed by atoms with Gasteiger partial charge in [-0.3, -0.25) is 9.59 Å². The zero-order valence-corrected chi connectivity index (χ0v) is 21.2. The topological polar surface area (TPSA) is 99.0 Å². The number of nitrogens with two attached hydrogens (primary N) is 1. The maximum absolute atomic E-state index is 13.4. The zero-order chi connectivity index (χ0) is 27.4. The molecule has 39 heavy (non-hydrogen) atoms. The molecule has 8 nitrogen and oxygen atoms in total. The zero-order valence-electron chi connectivity index (χ0n) is 21.2. The Kier molecular flexibility index (Phi) is 9.60. The molecule has 2 saturated heterocycles. The van der Waals surface area contributed by atoms with Crippen LogP contribution in [0.15, 0.2) is 48.5 Å². The van der Waals surface area contributed by atoms with E-state index in [9.17, 15) is 27.6 Å². The molecular formula is C28H36F3N5O3. The van der Waals surface area contributed by atoms with Gasteiger partial charge < -0.3 is 25.8 Å². The summed E-state index contributed by atoms with van der Waals surface area (Å²) in [4.78, 5) is 44.4. The molecule has 4 rings (SSSR count). The molecule has 2 aliphatic heterocycles. The monoisotopic (exact) mass is 547 g/mol. The van der Waals surface area contributed by atoms with Gasteiger partial charge in [-0.25, -0.2) is 4.79 Å². The third-order valence-corrected chi connectivity index (χ3v) is 6.92. The molecule has 4 amide bonds. The highest BCUT2D eigenvalue weighted by molar-refractivity contribution is 5.91. The van der Waals surface area contributed by atoms with E-state index in [0.717, 1.165) is 17.7 Å². The number of halogens is 3. The number of alkyl halides is 3. The lowest BCUT2D eigenvalue weighted by Gasteiger charge is -2.52. The summed E-state index contributed by atoms with van der Waals surface area (Å²) in [5.41, 5.74) is 6.60. The van der Waals surface area contributed by atoms with Gasteiger partial charge in [0.25, 0.3) is 0 Å². The number of piperazine rings is 1. The molecule has 2 aromatic rings. The number of amides is 4. The van der Waals surface area contributed by atoms with Gasteiger partial charge in [0.1, 0.15) is 12.2 Å². The average molecular weight is 548 g/mol. The average Bonchev–Trinajstić information content (AvgIpc) is 2.87. The first-order valence-corrected chi connectivity index (χ1v) is 12.6. The van der Waals surface area contributed by atoms with Crippen LogP contribution in [-0.4, -0.2) is 64.4 Å². The second-order valence-corrected chi connectivity index (χ2v) is 9.74. The van der Waals surface area contributed by atoms with Crippen LogP contribution in [0, 0.1) is 6.92 Å². The van der Waals surface area contributed by atoms with E-state index in [1.807, 2.05) is 30.3 Å². The van der Waals surface area contributed by atoms with Gasteiger partial charge in [-0.2, -0.15) is 13.2 Å². The number of carbonyl (C=O) groups excluding carboxylic acids is 3. The van der Waals surface area contributed by atoms with Gasteiger partial charge >= 0.3 is 12.2 Å². The molecule has 2 aromatic carbocycles. The van der Waals surface area contributed by atoms with Crippen LogP contribution in [0.3, 0.4) is 0 Å². The summed E-state index contributed by atoms with van der Waals surface area (Å²) in [5.74, 6) is -0.393. The molecule has 2 atom stereocenters. The van der Waals surface area contributed by atoms with Crippen LogP contribution in [-0.2, 0) is 28.9 Å². The lowest BCUT2D eigenvalue weighted by molar-refractivity contribution is -0.167. The Morgan fingerprint density at radius 2 is 1.82 bits per heavy atom. The van der Waals surface area contributed by atoms with Gasteiger partial charge in [0.15, 0.2) is 0 Å². The maximum atomic E-state index is 13.4. The largest absolute Gasteiger partial charge is 0.416 e. The summed E-state index contributed by atoms with van der Waals surface area (Å²) in [6.45, 7) is 2.42. The van der Waals surface area contributed by atoms with Crippen LogP contribution in [0.4, 0.5) is 18.0 Å². The highest BCUT2D eigenvalue weighted by atomic mass is 19.4. The van der Waals surface area contributed by atoms with Crippen LogP contribution in [0.2, 0.25) is 0 Å². The number of nitrogens with zero attached hydrogens (tertiary/aromatic N) is 3. The summed E-state index contributed by atoms with van der Waals surface area (Å²) in [6.07, 6.45) is -4.22. The van der Waals surface area contributed by atoms with E-state index in [0.29, 0.717) is 37.1 Å². The highest BCUT2D eigenvalue weighted by Gasteiger charge is 2.48. The van der Waals surface area contributed by atoms with Crippen molar-refractivity contribution in [3.63, 3.8) is 0 Å². The summed E-state index contributed by atoms with van der Waals surface area (Å²) in [5, 5.41) is 2.71. The van der Waals surface area contributed by atoms with E-state index in [1.165, 1.54) is 9.80 Å². The van der Waals surface area contributed by atoms with Gasteiger partial charge in [-0.15, -0.1) is 0 Å². The van der Waals surface area contributed by atoms with E-state index >= 15 is 0 Å². The second kappa shape index (κ2) is 12.5. The summed E-state index contributed by atoms with van der Waals surface area (Å²) in [7, 11) is 0. The standard InChI is InChI=1S/C27H32F3N5O3.CH4/c1-18-12-20(14-21(13-18)27(28,29)30)15-32-26(38)34-11-9-24(36)35-22(8-5-10-31)25(37)33(17-23(34)35)16-19-6-3-2-4-7-19;/h2-4,6-7,12-14,22-23H,5,8-11,15-17,31H2,1H3,(H,32,38);1H4/t22-,23?;/m0./s1. The van der Waals surface area contributed by atoms with Crippen LogP contribution < -0.4 is 11.1 Å². The normalized spacial score (nSPS) is 19.5. The Hall–Kier alpha value is -3.60. The molecular weight excluding hydrogens is 511 g/mol. The van der Waals surface area contributed by atoms with Crippen LogP contribution >= 0.6 is 0 Å². The molecule has 2 aliphatic rings. The Morgan fingerprint density at radius 3 is 2.49 bits per heavy atom. The first kappa shape index (κ1) is 29.9. The van der Waals surface area contributed by atoms with Crippen molar-refractivity contribution >= 4 is 17.8 Å². The van der Waals surface area contributed by atoms with Gasteiger partial charge in [0.2, 0.25) is 11.8 Å². The molecule has 0 saturated carbocycles. The van der Waals surface area contributed by atoms with Crippen LogP contribution in [0.5, 0.6) is 0 Å². The predicted octanol–water partition coefficient (Wildman–Crippen LogP) is 3.87. The fourth-order valence-electron chi connectivity index (χ4n) is 5.16. The number of nitrogens with one attached hydrogen (secondary N) is 1. The number of benzene rings is 2. The Labute approximate surface area is 226 Å². The number of rotatable bonds is 7. The molecule has 0 aliphatic carbocycles. The third-order valence-electron chi connectivity index (χ3n) is 6.92. The number of hydrogen-bond donors (Lipinski definition) is 2. The number of hydrogen-bond acceptors (Lipinski definition) is 4. The predicted molar refractivity (Wildman–Crippen MR) is 141 cm³/mol. The van der Waals surface area contributed by atoms with Crippen molar-refractivity contribution in [3.8, 4) is 0 Å². The molecule has 2 heterocycles. The fourth-order valence-corrected chi connectivity index (χ4v) is 5.16. The minimum Gasteiger partial charge on any atom is -0.334 e. The smallest absolute Gasteiger partial charge is 0.334 e. The van der Waals surface area contributed by atoms with Crippen molar-refractivity contribution in [1.29, 1.82) is 0 Å². The van der Waals surface area contributed by atoms with Crippen LogP contribution in [0.1, 0.15) is 48.9 Å². The molecule has 3 N–H and O–H groups in total. The molecule has 0 aromatic heterocycles. The lowest BCUT2D eigenvalue weighted by Crippen LogP contribution is -2.71. The fraction of sp³-hybridized carbons (Fsp3) is 0.464. The Morgan fingerprint density at radius 1 is 1.10 bits per heavy atom. The summed E-state index contributed by atoms with van der Waals surface area (Å²) >= 11 is 0. The van der Waals surface area contributed by atoms with Gasteiger partial charge in [-0.1, -0.05) is 49.4 Å². The Bertz CT molecular complexity index is 1170. The molecule has 2 fully saturated rings. The van der Waals surface area contributed by atoms with Crippen LogP contribution in [0.25, 0.3) is 0 Å². The first-order chi connectivity index (χ1) is 18.1. The SMILES string of the molecule is C.Cc1cc(CNC(=O)N2CCC(=O)N3C2CN(Cc2ccccc2)C(=O)[C@@H]3CCCN)cc(C(F)(F)F)c1. The molecule has 0 radical (unpaired) electrons. The van der Waals surface area contributed by atoms with E-state index in [2.05, 4.69) is 5.32 Å². The molecule has 11 heteroatoms. The van der Waals surface area contributed by atoms with Crippen molar-refractivity contribution in [2.45, 2.75) is 65.1 Å². The van der Waals surface area contributed by atoms with E-state index in [4.69, 9.17) is 5.73 Å². The molecule has 212 valence electrons. The quantitative estimate of drug-likeness (QED) is 0.550. The summed E-state index contributed by atoms with van der Waals surface area (Å²) in [6, 6.07) is 11.9. The Balaban J connectivity index is 0.00000420. The van der Waals surface area contributed by atoms with Crippen molar-refractivity contribution in [2.24, 2.45) is 5.73 Å². The highest BCUT2D eigenvalue weighted by Crippen LogP contribution is 2.31. The molecule has 0 spiro atoms. The number of carbonyl (C=O) groups is 3. The van der Waals surface area contributed by atoms with Crippen molar-refractivity contribution in [1.82, 2.24) is 20.0 Å². The third kappa shape index (κ3) is 6.89. The van der Waals surface area contributed by atoms with Gasteiger partial charge in [-0.05, 0) is 49.6 Å². The number of urea groups is 1. The molecule has 1 unspecified atom stereocenters. The number of fused-ring (bicyclic) bond motifs is 1. The summed E-state index contributed by atoms with van der Waals surface area (Å²) < 4.78 is 39.7. The minimum atomic E-state index is -4.49. The number of aryl methyl sites for hydroxylation is 1. The van der Waals surface area contributed by atoms with E-state index in [1.54, 1.807) is 17.9 Å². The minimum absolute atomic E-state index is 0. The maximum Gasteiger partial charge on any atom is 0.416 e. The van der Waals surface area contributed by atoms with Gasteiger partial charge in [0, 0.05) is 26.1 Å². The van der Waals surface area contributed by atoms with Crippen molar-refractivity contribution in [3.05, 3.63) is 70.8 Å². The van der Waals surface area contributed by atoms with E-state index < -0.39 is 30.0 Å². The van der Waals surface area contributed by atoms with E-state index in [-0.39, 0.29) is 45.3 Å². The van der Waals surface area contributed by atoms with Crippen molar-refractivity contribution < 1.29 is 27.6 Å². The first-order valence-electron chi connectivity index (χ1n) is 12.6. The van der Waals surface area contributed by atoms with Gasteiger partial charge in [0.05, 0.1) is 12.1 Å². The lowest BCUT2D eigenvalue weighted by atomic mass is 9.99. The van der Waals surface area contributed by atoms with Crippen molar-refractivity contribution in [2.75, 3.05) is 19.6 Å².